The molecule has 158 valence electrons. The third-order valence-electron chi connectivity index (χ3n) is 6.23. The Morgan fingerprint density at radius 3 is 2.52 bits per heavy atom. The molecule has 1 aliphatic heterocycles. The Morgan fingerprint density at radius 1 is 1.00 bits per heavy atom. The van der Waals surface area contributed by atoms with E-state index in [2.05, 4.69) is 14.5 Å². The van der Waals surface area contributed by atoms with E-state index in [-0.39, 0.29) is 5.91 Å². The highest BCUT2D eigenvalue weighted by atomic mass is 16.2. The average Bonchev–Trinajstić information content (AvgIpc) is 3.15. The summed E-state index contributed by atoms with van der Waals surface area (Å²) in [6.45, 7) is 7.52. The van der Waals surface area contributed by atoms with Gasteiger partial charge in [-0.1, -0.05) is 6.92 Å². The third kappa shape index (κ3) is 3.44. The van der Waals surface area contributed by atoms with E-state index in [0.29, 0.717) is 12.5 Å². The first-order valence-corrected chi connectivity index (χ1v) is 10.9. The van der Waals surface area contributed by atoms with Gasteiger partial charge in [-0.05, 0) is 51.0 Å². The summed E-state index contributed by atoms with van der Waals surface area (Å²) in [5.41, 5.74) is 6.46. The number of likely N-dealkylation sites (tertiary alicyclic amines) is 1. The molecule has 0 atom stereocenters. The fraction of sp³-hybridized carbons (Fsp3) is 0.375. The minimum Gasteiger partial charge on any atom is -0.343 e. The molecule has 1 saturated heterocycles. The molecule has 7 nitrogen and oxygen atoms in total. The van der Waals surface area contributed by atoms with E-state index in [0.717, 1.165) is 70.8 Å². The minimum atomic E-state index is 0.235. The lowest BCUT2D eigenvalue weighted by molar-refractivity contribution is -0.132. The number of carbonyl (C=O) groups is 1. The summed E-state index contributed by atoms with van der Waals surface area (Å²) >= 11 is 0. The van der Waals surface area contributed by atoms with Crippen molar-refractivity contribution in [1.82, 2.24) is 29.4 Å². The molecule has 4 aromatic heterocycles. The number of imidazole rings is 1. The Bertz CT molecular complexity index is 1270. The molecule has 0 radical (unpaired) electrons. The molecule has 0 spiro atoms. The van der Waals surface area contributed by atoms with E-state index >= 15 is 0 Å². The number of pyridine rings is 3. The number of amides is 1. The lowest BCUT2D eigenvalue weighted by Crippen LogP contribution is -2.38. The van der Waals surface area contributed by atoms with Crippen molar-refractivity contribution >= 4 is 28.0 Å². The molecule has 0 N–H and O–H groups in total. The van der Waals surface area contributed by atoms with E-state index in [1.165, 1.54) is 0 Å². The van der Waals surface area contributed by atoms with Gasteiger partial charge in [0.1, 0.15) is 16.9 Å². The number of aryl methyl sites for hydroxylation is 2. The fourth-order valence-corrected chi connectivity index (χ4v) is 4.58. The molecule has 0 saturated carbocycles. The Balaban J connectivity index is 1.60. The number of piperidine rings is 1. The monoisotopic (exact) mass is 414 g/mol. The van der Waals surface area contributed by atoms with Gasteiger partial charge in [0.05, 0.1) is 22.9 Å². The van der Waals surface area contributed by atoms with Crippen LogP contribution in [0.3, 0.4) is 0 Å². The third-order valence-corrected chi connectivity index (χ3v) is 6.23. The van der Waals surface area contributed by atoms with Gasteiger partial charge >= 0.3 is 0 Å². The van der Waals surface area contributed by atoms with Crippen LogP contribution in [-0.4, -0.2) is 48.4 Å². The van der Waals surface area contributed by atoms with Crippen molar-refractivity contribution in [2.24, 2.45) is 0 Å². The molecule has 1 fully saturated rings. The maximum absolute atomic E-state index is 12.1. The van der Waals surface area contributed by atoms with Crippen molar-refractivity contribution in [3.8, 4) is 11.3 Å². The molecule has 7 heteroatoms. The van der Waals surface area contributed by atoms with Gasteiger partial charge in [0.15, 0.2) is 0 Å². The molecule has 1 aliphatic rings. The molecule has 0 aliphatic carbocycles. The highest BCUT2D eigenvalue weighted by Crippen LogP contribution is 2.32. The average molecular weight is 415 g/mol. The van der Waals surface area contributed by atoms with Crippen molar-refractivity contribution < 1.29 is 4.79 Å². The first-order chi connectivity index (χ1) is 15.0. The van der Waals surface area contributed by atoms with E-state index in [1.807, 2.05) is 62.3 Å². The van der Waals surface area contributed by atoms with E-state index in [1.54, 1.807) is 0 Å². The molecule has 4 aromatic rings. The fourth-order valence-electron chi connectivity index (χ4n) is 4.58. The first kappa shape index (κ1) is 19.6. The van der Waals surface area contributed by atoms with Crippen LogP contribution in [0.25, 0.3) is 33.3 Å². The van der Waals surface area contributed by atoms with Crippen LogP contribution in [0.2, 0.25) is 0 Å². The highest BCUT2D eigenvalue weighted by molar-refractivity contribution is 6.00. The van der Waals surface area contributed by atoms with Gasteiger partial charge in [0, 0.05) is 43.0 Å². The molecule has 0 aromatic carbocycles. The summed E-state index contributed by atoms with van der Waals surface area (Å²) in [5, 5.41) is 0. The lowest BCUT2D eigenvalue weighted by atomic mass is 10.0. The quantitative estimate of drug-likeness (QED) is 0.501. The number of carbonyl (C=O) groups excluding carboxylic acids is 1. The summed E-state index contributed by atoms with van der Waals surface area (Å²) in [6, 6.07) is 8.36. The molecule has 0 bridgehead atoms. The van der Waals surface area contributed by atoms with Crippen LogP contribution in [0, 0.1) is 13.8 Å². The zero-order chi connectivity index (χ0) is 21.5. The van der Waals surface area contributed by atoms with Crippen molar-refractivity contribution in [2.75, 3.05) is 13.1 Å². The largest absolute Gasteiger partial charge is 0.343 e. The van der Waals surface area contributed by atoms with Gasteiger partial charge in [0.25, 0.3) is 0 Å². The molecule has 0 unspecified atom stereocenters. The second-order valence-electron chi connectivity index (χ2n) is 8.24. The number of fused-ring (bicyclic) bond motifs is 3. The number of hydrogen-bond donors (Lipinski definition) is 0. The van der Waals surface area contributed by atoms with Gasteiger partial charge in [-0.2, -0.15) is 0 Å². The van der Waals surface area contributed by atoms with Gasteiger partial charge < -0.3 is 9.47 Å². The standard InChI is InChI=1S/C24H26N6O/c1-4-22(31)29-11-9-18(10-12-29)30-16(3)27-21-14-26-20-8-7-19(28-23(20)24(21)30)17-6-5-15(2)25-13-17/h5-8,13-14,18H,4,9-12H2,1-3H3. The summed E-state index contributed by atoms with van der Waals surface area (Å²) in [7, 11) is 0. The van der Waals surface area contributed by atoms with Crippen LogP contribution < -0.4 is 0 Å². The smallest absolute Gasteiger partial charge is 0.222 e. The van der Waals surface area contributed by atoms with Crippen molar-refractivity contribution in [2.45, 2.75) is 46.1 Å². The maximum Gasteiger partial charge on any atom is 0.222 e. The van der Waals surface area contributed by atoms with Crippen molar-refractivity contribution in [3.63, 3.8) is 0 Å². The summed E-state index contributed by atoms with van der Waals surface area (Å²) in [4.78, 5) is 32.9. The van der Waals surface area contributed by atoms with Crippen LogP contribution >= 0.6 is 0 Å². The SMILES string of the molecule is CCC(=O)N1CCC(n2c(C)nc3cnc4ccc(-c5ccc(C)nc5)nc4c32)CC1. The van der Waals surface area contributed by atoms with Crippen LogP contribution in [-0.2, 0) is 4.79 Å². The zero-order valence-corrected chi connectivity index (χ0v) is 18.2. The molecule has 5 heterocycles. The van der Waals surface area contributed by atoms with Crippen LogP contribution in [0.1, 0.15) is 43.7 Å². The summed E-state index contributed by atoms with van der Waals surface area (Å²) in [5.74, 6) is 1.20. The van der Waals surface area contributed by atoms with Gasteiger partial charge in [0.2, 0.25) is 5.91 Å². The second kappa shape index (κ2) is 7.72. The predicted molar refractivity (Wildman–Crippen MR) is 121 cm³/mol. The Kier molecular flexibility index (Phi) is 4.88. The van der Waals surface area contributed by atoms with Gasteiger partial charge in [-0.25, -0.2) is 9.97 Å². The minimum absolute atomic E-state index is 0.235. The van der Waals surface area contributed by atoms with Crippen LogP contribution in [0.5, 0.6) is 0 Å². The highest BCUT2D eigenvalue weighted by Gasteiger charge is 2.26. The number of rotatable bonds is 3. The second-order valence-corrected chi connectivity index (χ2v) is 8.24. The summed E-state index contributed by atoms with van der Waals surface area (Å²) < 4.78 is 2.32. The molecule has 5 rings (SSSR count). The normalized spacial score (nSPS) is 15.1. The molecule has 1 amide bonds. The molecular weight excluding hydrogens is 388 g/mol. The van der Waals surface area contributed by atoms with E-state index in [9.17, 15) is 4.79 Å². The number of hydrogen-bond acceptors (Lipinski definition) is 5. The Morgan fingerprint density at radius 2 is 1.81 bits per heavy atom. The van der Waals surface area contributed by atoms with Gasteiger partial charge in [-0.3, -0.25) is 14.8 Å². The van der Waals surface area contributed by atoms with E-state index in [4.69, 9.17) is 9.97 Å². The van der Waals surface area contributed by atoms with Crippen LogP contribution in [0.15, 0.2) is 36.7 Å². The van der Waals surface area contributed by atoms with E-state index < -0.39 is 0 Å². The number of nitrogens with zero attached hydrogens (tertiary/aromatic N) is 6. The maximum atomic E-state index is 12.1. The summed E-state index contributed by atoms with van der Waals surface area (Å²) in [6.07, 6.45) is 6.10. The van der Waals surface area contributed by atoms with Gasteiger partial charge in [-0.15, -0.1) is 0 Å². The Labute approximate surface area is 181 Å². The zero-order valence-electron chi connectivity index (χ0n) is 18.2. The topological polar surface area (TPSA) is 76.8 Å². The number of aromatic nitrogens is 5. The lowest BCUT2D eigenvalue weighted by Gasteiger charge is -2.33. The van der Waals surface area contributed by atoms with Crippen molar-refractivity contribution in [3.05, 3.63) is 48.2 Å². The van der Waals surface area contributed by atoms with Crippen LogP contribution in [0.4, 0.5) is 0 Å². The molecular formula is C24H26N6O. The Hall–Kier alpha value is -3.35. The predicted octanol–water partition coefficient (Wildman–Crippen LogP) is 4.23. The first-order valence-electron chi connectivity index (χ1n) is 10.9. The molecule has 31 heavy (non-hydrogen) atoms. The van der Waals surface area contributed by atoms with Crippen molar-refractivity contribution in [1.29, 1.82) is 0 Å².